The number of hydrogen-bond acceptors (Lipinski definition) is 5. The van der Waals surface area contributed by atoms with Crippen LogP contribution in [0.1, 0.15) is 36.9 Å². The number of anilines is 1. The van der Waals surface area contributed by atoms with E-state index in [4.69, 9.17) is 21.4 Å². The second-order valence-corrected chi connectivity index (χ2v) is 10.2. The maximum Gasteiger partial charge on any atom is 0.226 e. The van der Waals surface area contributed by atoms with Crippen LogP contribution in [0.5, 0.6) is 5.75 Å². The van der Waals surface area contributed by atoms with Gasteiger partial charge < -0.3 is 24.7 Å². The number of nitrogens with zero attached hydrogens (tertiary/aromatic N) is 2. The lowest BCUT2D eigenvalue weighted by Gasteiger charge is -2.26. The second kappa shape index (κ2) is 11.8. The summed E-state index contributed by atoms with van der Waals surface area (Å²) in [7, 11) is 0. The monoisotopic (exact) mass is 562 g/mol. The maximum absolute atomic E-state index is 13.1. The number of carbonyl (C=O) groups is 1. The third-order valence-corrected chi connectivity index (χ3v) is 7.56. The van der Waals surface area contributed by atoms with Gasteiger partial charge >= 0.3 is 0 Å². The number of furan rings is 1. The molecule has 3 aromatic carbocycles. The first-order valence-corrected chi connectivity index (χ1v) is 14.1. The predicted octanol–water partition coefficient (Wildman–Crippen LogP) is 6.89. The molecule has 2 atom stereocenters. The van der Waals surface area contributed by atoms with E-state index in [-0.39, 0.29) is 24.4 Å². The number of thiocarbonyl (C=S) groups is 1. The highest BCUT2D eigenvalue weighted by Crippen LogP contribution is 2.40. The fraction of sp³-hybridized carbons (Fsp3) is 0.182. The quantitative estimate of drug-likeness (QED) is 0.189. The van der Waals surface area contributed by atoms with Gasteiger partial charge in [0, 0.05) is 35.8 Å². The molecule has 3 heterocycles. The van der Waals surface area contributed by atoms with Gasteiger partial charge in [-0.15, -0.1) is 0 Å². The number of carbonyl (C=O) groups excluding carboxylic acids is 1. The van der Waals surface area contributed by atoms with Crippen LogP contribution in [-0.2, 0) is 4.79 Å². The molecule has 1 saturated heterocycles. The summed E-state index contributed by atoms with van der Waals surface area (Å²) in [5.74, 6) is 2.22. The minimum Gasteiger partial charge on any atom is -0.494 e. The van der Waals surface area contributed by atoms with Crippen molar-refractivity contribution in [2.45, 2.75) is 25.4 Å². The summed E-state index contributed by atoms with van der Waals surface area (Å²) in [5, 5.41) is 9.15. The Morgan fingerprint density at radius 2 is 1.80 bits per heavy atom. The molecule has 0 spiro atoms. The molecule has 0 bridgehead atoms. The van der Waals surface area contributed by atoms with Crippen LogP contribution in [0.4, 0.5) is 5.69 Å². The Hall–Kier alpha value is -4.69. The van der Waals surface area contributed by atoms with Crippen LogP contribution in [-0.4, -0.2) is 34.1 Å². The van der Waals surface area contributed by atoms with Gasteiger partial charge in [0.1, 0.15) is 23.3 Å². The van der Waals surface area contributed by atoms with Crippen LogP contribution in [0.2, 0.25) is 0 Å². The molecular formula is C33H30N4O3S. The van der Waals surface area contributed by atoms with E-state index in [2.05, 4.69) is 15.6 Å². The van der Waals surface area contributed by atoms with E-state index in [0.717, 1.165) is 45.0 Å². The number of amides is 1. The standard InChI is InChI=1S/C33H30N4O3S/c1-2-39-24-15-13-23(14-16-24)28-17-18-29(40-28)32-31(27-11-5-6-20-34-27)36-33(41)37(32)21-19-30(38)35-26-12-7-9-22-8-3-4-10-25(22)26/h3-18,20,31-32H,2,19,21H2,1H3,(H,35,38)(H,36,41)/t31-,32-/m1/s1. The minimum absolute atomic E-state index is 0.0845. The van der Waals surface area contributed by atoms with Crippen molar-refractivity contribution in [2.75, 3.05) is 18.5 Å². The molecule has 7 nitrogen and oxygen atoms in total. The molecular weight excluding hydrogens is 532 g/mol. The van der Waals surface area contributed by atoms with Gasteiger partial charge in [0.25, 0.3) is 0 Å². The van der Waals surface area contributed by atoms with E-state index < -0.39 is 0 Å². The molecule has 41 heavy (non-hydrogen) atoms. The highest BCUT2D eigenvalue weighted by Gasteiger charge is 2.41. The number of nitrogens with one attached hydrogen (secondary N) is 2. The van der Waals surface area contributed by atoms with Crippen LogP contribution in [0.15, 0.2) is 108 Å². The molecule has 0 aliphatic carbocycles. The average molecular weight is 563 g/mol. The van der Waals surface area contributed by atoms with Gasteiger partial charge in [0.05, 0.1) is 18.3 Å². The maximum atomic E-state index is 13.1. The minimum atomic E-state index is -0.279. The lowest BCUT2D eigenvalue weighted by molar-refractivity contribution is -0.116. The van der Waals surface area contributed by atoms with Crippen molar-refractivity contribution in [1.82, 2.24) is 15.2 Å². The van der Waals surface area contributed by atoms with Crippen molar-refractivity contribution in [3.63, 3.8) is 0 Å². The van der Waals surface area contributed by atoms with Gasteiger partial charge in [-0.05, 0) is 79.1 Å². The third kappa shape index (κ3) is 5.64. The fourth-order valence-corrected chi connectivity index (χ4v) is 5.61. The number of hydrogen-bond donors (Lipinski definition) is 2. The molecule has 1 aliphatic heterocycles. The van der Waals surface area contributed by atoms with Crippen LogP contribution < -0.4 is 15.4 Å². The number of aromatic nitrogens is 1. The lowest BCUT2D eigenvalue weighted by atomic mass is 10.0. The third-order valence-electron chi connectivity index (χ3n) is 7.21. The molecule has 206 valence electrons. The first kappa shape index (κ1) is 26.5. The SMILES string of the molecule is CCOc1ccc(-c2ccc([C@@H]3[C@@H](c4ccccn4)NC(=S)N3CCC(=O)Nc3cccc4ccccc34)o2)cc1. The first-order valence-electron chi connectivity index (χ1n) is 13.7. The van der Waals surface area contributed by atoms with Crippen molar-refractivity contribution in [1.29, 1.82) is 0 Å². The van der Waals surface area contributed by atoms with Crippen molar-refractivity contribution >= 4 is 39.7 Å². The predicted molar refractivity (Wildman–Crippen MR) is 165 cm³/mol. The summed E-state index contributed by atoms with van der Waals surface area (Å²) in [6.07, 6.45) is 2.02. The summed E-state index contributed by atoms with van der Waals surface area (Å²) in [6, 6.07) is 31.0. The van der Waals surface area contributed by atoms with Gasteiger partial charge in [0.15, 0.2) is 5.11 Å². The van der Waals surface area contributed by atoms with Crippen molar-refractivity contribution in [3.05, 3.63) is 115 Å². The van der Waals surface area contributed by atoms with Gasteiger partial charge in [-0.1, -0.05) is 42.5 Å². The van der Waals surface area contributed by atoms with Crippen LogP contribution in [0.25, 0.3) is 22.1 Å². The number of pyridine rings is 1. The molecule has 8 heteroatoms. The molecule has 1 fully saturated rings. The zero-order chi connectivity index (χ0) is 28.2. The Bertz CT molecular complexity index is 1660. The fourth-order valence-electron chi connectivity index (χ4n) is 5.27. The zero-order valence-electron chi connectivity index (χ0n) is 22.6. The van der Waals surface area contributed by atoms with Gasteiger partial charge in [-0.2, -0.15) is 0 Å². The molecule has 6 rings (SSSR count). The topological polar surface area (TPSA) is 79.6 Å². The van der Waals surface area contributed by atoms with E-state index in [1.54, 1.807) is 6.20 Å². The van der Waals surface area contributed by atoms with Gasteiger partial charge in [-0.25, -0.2) is 0 Å². The van der Waals surface area contributed by atoms with E-state index >= 15 is 0 Å². The van der Waals surface area contributed by atoms with E-state index in [1.807, 2.05) is 109 Å². The molecule has 5 aromatic rings. The highest BCUT2D eigenvalue weighted by molar-refractivity contribution is 7.80. The largest absolute Gasteiger partial charge is 0.494 e. The molecule has 0 unspecified atom stereocenters. The molecule has 2 N–H and O–H groups in total. The summed E-state index contributed by atoms with van der Waals surface area (Å²) in [6.45, 7) is 2.99. The summed E-state index contributed by atoms with van der Waals surface area (Å²) in [5.41, 5.74) is 2.59. The Morgan fingerprint density at radius 1 is 1.00 bits per heavy atom. The van der Waals surface area contributed by atoms with E-state index in [1.165, 1.54) is 0 Å². The summed E-state index contributed by atoms with van der Waals surface area (Å²) in [4.78, 5) is 19.7. The molecule has 1 amide bonds. The molecule has 0 saturated carbocycles. The number of ether oxygens (including phenoxy) is 1. The van der Waals surface area contributed by atoms with Crippen molar-refractivity contribution in [2.24, 2.45) is 0 Å². The summed E-state index contributed by atoms with van der Waals surface area (Å²) < 4.78 is 12.0. The molecule has 0 radical (unpaired) electrons. The van der Waals surface area contributed by atoms with Crippen LogP contribution in [0.3, 0.4) is 0 Å². The van der Waals surface area contributed by atoms with Gasteiger partial charge in [0.2, 0.25) is 5.91 Å². The van der Waals surface area contributed by atoms with Crippen molar-refractivity contribution in [3.8, 4) is 17.1 Å². The Balaban J connectivity index is 1.24. The number of benzene rings is 3. The smallest absolute Gasteiger partial charge is 0.226 e. The zero-order valence-corrected chi connectivity index (χ0v) is 23.4. The number of rotatable bonds is 9. The second-order valence-electron chi connectivity index (χ2n) is 9.80. The van der Waals surface area contributed by atoms with Crippen molar-refractivity contribution < 1.29 is 13.9 Å². The van der Waals surface area contributed by atoms with Crippen LogP contribution >= 0.6 is 12.2 Å². The van der Waals surface area contributed by atoms with E-state index in [0.29, 0.717) is 18.3 Å². The van der Waals surface area contributed by atoms with Gasteiger partial charge in [-0.3, -0.25) is 9.78 Å². The normalized spacial score (nSPS) is 16.5. The Morgan fingerprint density at radius 3 is 2.61 bits per heavy atom. The number of fused-ring (bicyclic) bond motifs is 1. The Kier molecular flexibility index (Phi) is 7.65. The van der Waals surface area contributed by atoms with Crippen LogP contribution in [0, 0.1) is 0 Å². The van der Waals surface area contributed by atoms with E-state index in [9.17, 15) is 4.79 Å². The molecule has 1 aliphatic rings. The lowest BCUT2D eigenvalue weighted by Crippen LogP contribution is -2.32. The molecule has 2 aromatic heterocycles. The average Bonchev–Trinajstić information content (AvgIpc) is 3.62. The Labute approximate surface area is 244 Å². The first-order chi connectivity index (χ1) is 20.1. The highest BCUT2D eigenvalue weighted by atomic mass is 32.1. The summed E-state index contributed by atoms with van der Waals surface area (Å²) >= 11 is 5.78.